The molecular formula is C17H15BrN2O2S. The minimum atomic E-state index is 0.476. The summed E-state index contributed by atoms with van der Waals surface area (Å²) in [5.74, 6) is 1.99. The van der Waals surface area contributed by atoms with Gasteiger partial charge in [-0.25, -0.2) is 0 Å². The summed E-state index contributed by atoms with van der Waals surface area (Å²) in [7, 11) is 0. The van der Waals surface area contributed by atoms with Crippen LogP contribution in [0, 0.1) is 0 Å². The van der Waals surface area contributed by atoms with Crippen LogP contribution in [-0.2, 0) is 5.75 Å². The van der Waals surface area contributed by atoms with E-state index in [0.29, 0.717) is 17.7 Å². The molecule has 0 fully saturated rings. The zero-order valence-corrected chi connectivity index (χ0v) is 14.9. The molecule has 1 aromatic heterocycles. The maximum atomic E-state index is 5.76. The van der Waals surface area contributed by atoms with E-state index in [1.807, 2.05) is 49.4 Å². The molecule has 0 N–H and O–H groups in total. The third-order valence-electron chi connectivity index (χ3n) is 3.13. The molecule has 0 unspecified atom stereocenters. The van der Waals surface area contributed by atoms with E-state index in [0.717, 1.165) is 21.5 Å². The minimum Gasteiger partial charge on any atom is -0.493 e. The van der Waals surface area contributed by atoms with Crippen molar-refractivity contribution < 1.29 is 9.15 Å². The quantitative estimate of drug-likeness (QED) is 0.541. The Kier molecular flexibility index (Phi) is 5.35. The molecule has 3 rings (SSSR count). The normalized spacial score (nSPS) is 10.7. The van der Waals surface area contributed by atoms with E-state index in [4.69, 9.17) is 9.15 Å². The average Bonchev–Trinajstić information content (AvgIpc) is 3.04. The molecule has 1 heterocycles. The van der Waals surface area contributed by atoms with Crippen molar-refractivity contribution in [2.45, 2.75) is 17.9 Å². The SMILES string of the molecule is CCOc1ccccc1-c1nnc(SCc2ccccc2Br)o1. The van der Waals surface area contributed by atoms with Crippen molar-refractivity contribution >= 4 is 27.7 Å². The lowest BCUT2D eigenvalue weighted by Gasteiger charge is -2.06. The summed E-state index contributed by atoms with van der Waals surface area (Å²) in [6, 6.07) is 15.8. The van der Waals surface area contributed by atoms with Gasteiger partial charge in [-0.2, -0.15) is 0 Å². The molecule has 6 heteroatoms. The van der Waals surface area contributed by atoms with Gasteiger partial charge in [-0.15, -0.1) is 10.2 Å². The van der Waals surface area contributed by atoms with Crippen LogP contribution in [0.15, 0.2) is 62.6 Å². The highest BCUT2D eigenvalue weighted by Gasteiger charge is 2.14. The lowest BCUT2D eigenvalue weighted by atomic mass is 10.2. The Balaban J connectivity index is 1.75. The zero-order valence-electron chi connectivity index (χ0n) is 12.5. The topological polar surface area (TPSA) is 48.2 Å². The number of hydrogen-bond acceptors (Lipinski definition) is 5. The van der Waals surface area contributed by atoms with Gasteiger partial charge in [0.1, 0.15) is 5.75 Å². The van der Waals surface area contributed by atoms with Crippen LogP contribution in [-0.4, -0.2) is 16.8 Å². The monoisotopic (exact) mass is 390 g/mol. The maximum Gasteiger partial charge on any atom is 0.277 e. The van der Waals surface area contributed by atoms with Gasteiger partial charge < -0.3 is 9.15 Å². The smallest absolute Gasteiger partial charge is 0.277 e. The Bertz CT molecular complexity index is 792. The lowest BCUT2D eigenvalue weighted by Crippen LogP contribution is -1.93. The van der Waals surface area contributed by atoms with Crippen molar-refractivity contribution in [3.8, 4) is 17.2 Å². The highest BCUT2D eigenvalue weighted by molar-refractivity contribution is 9.10. The van der Waals surface area contributed by atoms with Crippen LogP contribution in [0.1, 0.15) is 12.5 Å². The number of benzene rings is 2. The number of thioether (sulfide) groups is 1. The van der Waals surface area contributed by atoms with Crippen molar-refractivity contribution in [2.24, 2.45) is 0 Å². The number of aromatic nitrogens is 2. The first-order chi connectivity index (χ1) is 11.3. The van der Waals surface area contributed by atoms with E-state index in [1.54, 1.807) is 0 Å². The van der Waals surface area contributed by atoms with Crippen molar-refractivity contribution in [1.29, 1.82) is 0 Å². The second kappa shape index (κ2) is 7.66. The van der Waals surface area contributed by atoms with Crippen molar-refractivity contribution in [2.75, 3.05) is 6.61 Å². The summed E-state index contributed by atoms with van der Waals surface area (Å²) < 4.78 is 12.4. The molecule has 2 aromatic carbocycles. The summed E-state index contributed by atoms with van der Waals surface area (Å²) in [6.07, 6.45) is 0. The predicted octanol–water partition coefficient (Wildman–Crippen LogP) is 5.19. The lowest BCUT2D eigenvalue weighted by molar-refractivity contribution is 0.340. The molecule has 0 aliphatic heterocycles. The first kappa shape index (κ1) is 16.1. The van der Waals surface area contributed by atoms with Crippen LogP contribution in [0.3, 0.4) is 0 Å². The number of ether oxygens (including phenoxy) is 1. The maximum absolute atomic E-state index is 5.76. The van der Waals surface area contributed by atoms with Gasteiger partial charge in [0.25, 0.3) is 11.1 Å². The third-order valence-corrected chi connectivity index (χ3v) is 4.77. The fourth-order valence-electron chi connectivity index (χ4n) is 2.06. The fraction of sp³-hybridized carbons (Fsp3) is 0.176. The van der Waals surface area contributed by atoms with E-state index >= 15 is 0 Å². The van der Waals surface area contributed by atoms with E-state index in [9.17, 15) is 0 Å². The molecule has 0 spiro atoms. The molecule has 4 nitrogen and oxygen atoms in total. The van der Waals surface area contributed by atoms with Gasteiger partial charge in [0.15, 0.2) is 0 Å². The molecule has 0 amide bonds. The van der Waals surface area contributed by atoms with Crippen LogP contribution >= 0.6 is 27.7 Å². The standard InChI is InChI=1S/C17H15BrN2O2S/c1-2-21-15-10-6-4-8-13(15)16-19-20-17(22-16)23-11-12-7-3-5-9-14(12)18/h3-10H,2,11H2,1H3. The van der Waals surface area contributed by atoms with Crippen molar-refractivity contribution in [1.82, 2.24) is 10.2 Å². The zero-order chi connectivity index (χ0) is 16.1. The van der Waals surface area contributed by atoms with Gasteiger partial charge in [0, 0.05) is 10.2 Å². The van der Waals surface area contributed by atoms with Gasteiger partial charge in [0.2, 0.25) is 0 Å². The van der Waals surface area contributed by atoms with Crippen molar-refractivity contribution in [3.63, 3.8) is 0 Å². The summed E-state index contributed by atoms with van der Waals surface area (Å²) in [5.41, 5.74) is 2.00. The summed E-state index contributed by atoms with van der Waals surface area (Å²) in [5, 5.41) is 8.79. The molecule has 0 saturated heterocycles. The molecule has 0 bridgehead atoms. The van der Waals surface area contributed by atoms with Crippen LogP contribution in [0.5, 0.6) is 5.75 Å². The summed E-state index contributed by atoms with van der Waals surface area (Å²) in [6.45, 7) is 2.54. The molecular weight excluding hydrogens is 376 g/mol. The Morgan fingerprint density at radius 1 is 1.09 bits per heavy atom. The van der Waals surface area contributed by atoms with Crippen LogP contribution < -0.4 is 4.74 Å². The number of rotatable bonds is 6. The van der Waals surface area contributed by atoms with Gasteiger partial charge in [-0.05, 0) is 30.7 Å². The molecule has 0 aliphatic carbocycles. The van der Waals surface area contributed by atoms with E-state index < -0.39 is 0 Å². The van der Waals surface area contributed by atoms with Crippen LogP contribution in [0.25, 0.3) is 11.5 Å². The largest absolute Gasteiger partial charge is 0.493 e. The van der Waals surface area contributed by atoms with Crippen LogP contribution in [0.4, 0.5) is 0 Å². The molecule has 0 saturated carbocycles. The fourth-order valence-corrected chi connectivity index (χ4v) is 3.43. The van der Waals surface area contributed by atoms with Gasteiger partial charge in [-0.3, -0.25) is 0 Å². The first-order valence-electron chi connectivity index (χ1n) is 7.20. The third kappa shape index (κ3) is 3.95. The number of halogens is 1. The number of para-hydroxylation sites is 1. The predicted molar refractivity (Wildman–Crippen MR) is 94.6 cm³/mol. The van der Waals surface area contributed by atoms with Gasteiger partial charge >= 0.3 is 0 Å². The number of nitrogens with zero attached hydrogens (tertiary/aromatic N) is 2. The molecule has 0 radical (unpaired) electrons. The van der Waals surface area contributed by atoms with Crippen molar-refractivity contribution in [3.05, 3.63) is 58.6 Å². The Morgan fingerprint density at radius 2 is 1.87 bits per heavy atom. The molecule has 23 heavy (non-hydrogen) atoms. The second-order valence-electron chi connectivity index (χ2n) is 4.68. The second-order valence-corrected chi connectivity index (χ2v) is 6.46. The minimum absolute atomic E-state index is 0.476. The van der Waals surface area contributed by atoms with E-state index in [1.165, 1.54) is 17.3 Å². The molecule has 3 aromatic rings. The molecule has 118 valence electrons. The first-order valence-corrected chi connectivity index (χ1v) is 8.97. The van der Waals surface area contributed by atoms with E-state index in [2.05, 4.69) is 32.2 Å². The average molecular weight is 391 g/mol. The Labute approximate surface area is 147 Å². The Morgan fingerprint density at radius 3 is 2.70 bits per heavy atom. The number of hydrogen-bond donors (Lipinski definition) is 0. The Hall–Kier alpha value is -1.79. The van der Waals surface area contributed by atoms with Gasteiger partial charge in [0.05, 0.1) is 12.2 Å². The molecule has 0 aliphatic rings. The van der Waals surface area contributed by atoms with E-state index in [-0.39, 0.29) is 0 Å². The highest BCUT2D eigenvalue weighted by atomic mass is 79.9. The summed E-state index contributed by atoms with van der Waals surface area (Å²) >= 11 is 5.05. The highest BCUT2D eigenvalue weighted by Crippen LogP contribution is 2.32. The molecule has 0 atom stereocenters. The summed E-state index contributed by atoms with van der Waals surface area (Å²) in [4.78, 5) is 0. The van der Waals surface area contributed by atoms with Gasteiger partial charge in [-0.1, -0.05) is 58.0 Å². The van der Waals surface area contributed by atoms with Crippen LogP contribution in [0.2, 0.25) is 0 Å².